The number of hydrogen-bond donors (Lipinski definition) is 1. The summed E-state index contributed by atoms with van der Waals surface area (Å²) < 4.78 is 5.44. The van der Waals surface area contributed by atoms with E-state index in [1.54, 1.807) is 4.90 Å². The molecule has 0 radical (unpaired) electrons. The summed E-state index contributed by atoms with van der Waals surface area (Å²) in [5.41, 5.74) is 0. The van der Waals surface area contributed by atoms with Crippen LogP contribution in [0.2, 0.25) is 0 Å². The normalized spacial score (nSPS) is 17.0. The Morgan fingerprint density at radius 3 is 2.94 bits per heavy atom. The minimum Gasteiger partial charge on any atom is -0.464 e. The number of rotatable bonds is 4. The Morgan fingerprint density at radius 2 is 2.39 bits per heavy atom. The lowest BCUT2D eigenvalue weighted by molar-refractivity contribution is -0.122. The van der Waals surface area contributed by atoms with Crippen LogP contribution < -0.4 is 5.32 Å². The molecule has 0 saturated carbocycles. The SMILES string of the molecule is Cc1ccc(C(C)NC(=O)CN2CCSC2=O)o1. The van der Waals surface area contributed by atoms with Crippen LogP contribution in [0.5, 0.6) is 0 Å². The molecule has 1 unspecified atom stereocenters. The molecule has 0 aliphatic carbocycles. The first-order valence-corrected chi connectivity index (χ1v) is 6.82. The summed E-state index contributed by atoms with van der Waals surface area (Å²) in [6.07, 6.45) is 0. The maximum Gasteiger partial charge on any atom is 0.282 e. The number of carbonyl (C=O) groups excluding carboxylic acids is 2. The third-order valence-corrected chi connectivity index (χ3v) is 3.64. The summed E-state index contributed by atoms with van der Waals surface area (Å²) in [6, 6.07) is 3.52. The van der Waals surface area contributed by atoms with Gasteiger partial charge in [-0.1, -0.05) is 11.8 Å². The highest BCUT2D eigenvalue weighted by atomic mass is 32.2. The van der Waals surface area contributed by atoms with Crippen LogP contribution in [0.1, 0.15) is 24.5 Å². The minimum atomic E-state index is -0.184. The molecule has 5 nitrogen and oxygen atoms in total. The highest BCUT2D eigenvalue weighted by Gasteiger charge is 2.24. The average molecular weight is 268 g/mol. The number of hydrogen-bond acceptors (Lipinski definition) is 4. The Labute approximate surface area is 110 Å². The van der Waals surface area contributed by atoms with Crippen LogP contribution in [0, 0.1) is 6.92 Å². The number of nitrogens with one attached hydrogen (secondary N) is 1. The first kappa shape index (κ1) is 13.0. The smallest absolute Gasteiger partial charge is 0.282 e. The van der Waals surface area contributed by atoms with E-state index >= 15 is 0 Å². The molecule has 1 atom stereocenters. The molecule has 1 aromatic heterocycles. The van der Waals surface area contributed by atoms with Gasteiger partial charge in [0.05, 0.1) is 6.04 Å². The van der Waals surface area contributed by atoms with Gasteiger partial charge >= 0.3 is 0 Å². The predicted molar refractivity (Wildman–Crippen MR) is 69.4 cm³/mol. The number of aryl methyl sites for hydroxylation is 1. The molecule has 1 saturated heterocycles. The average Bonchev–Trinajstić information content (AvgIpc) is 2.89. The van der Waals surface area contributed by atoms with Crippen molar-refractivity contribution in [3.63, 3.8) is 0 Å². The Bertz CT molecular complexity index is 458. The molecular formula is C12H16N2O3S. The zero-order valence-electron chi connectivity index (χ0n) is 10.4. The predicted octanol–water partition coefficient (Wildman–Crippen LogP) is 1.93. The van der Waals surface area contributed by atoms with Gasteiger partial charge in [-0.15, -0.1) is 0 Å². The van der Waals surface area contributed by atoms with Crippen LogP contribution >= 0.6 is 11.8 Å². The van der Waals surface area contributed by atoms with E-state index in [1.807, 2.05) is 26.0 Å². The topological polar surface area (TPSA) is 62.6 Å². The third-order valence-electron chi connectivity index (χ3n) is 2.74. The highest BCUT2D eigenvalue weighted by molar-refractivity contribution is 8.13. The molecule has 2 amide bonds. The number of thioether (sulfide) groups is 1. The second-order valence-electron chi connectivity index (χ2n) is 4.27. The standard InChI is InChI=1S/C12H16N2O3S/c1-8-3-4-10(17-8)9(2)13-11(15)7-14-5-6-18-12(14)16/h3-4,9H,5-7H2,1-2H3,(H,13,15). The molecule has 1 aliphatic rings. The van der Waals surface area contributed by atoms with Crippen LogP contribution in [0.25, 0.3) is 0 Å². The van der Waals surface area contributed by atoms with Gasteiger partial charge < -0.3 is 14.6 Å². The van der Waals surface area contributed by atoms with Crippen LogP contribution in [-0.2, 0) is 4.79 Å². The van der Waals surface area contributed by atoms with Crippen molar-refractivity contribution < 1.29 is 14.0 Å². The Balaban J connectivity index is 1.85. The number of nitrogens with zero attached hydrogens (tertiary/aromatic N) is 1. The van der Waals surface area contributed by atoms with Crippen molar-refractivity contribution in [1.82, 2.24) is 10.2 Å². The van der Waals surface area contributed by atoms with Gasteiger partial charge in [0.2, 0.25) is 5.91 Å². The maximum absolute atomic E-state index is 11.8. The fourth-order valence-electron chi connectivity index (χ4n) is 1.79. The van der Waals surface area contributed by atoms with Gasteiger partial charge in [-0.25, -0.2) is 0 Å². The molecule has 98 valence electrons. The van der Waals surface area contributed by atoms with Gasteiger partial charge in [-0.05, 0) is 26.0 Å². The summed E-state index contributed by atoms with van der Waals surface area (Å²) in [5.74, 6) is 2.14. The first-order chi connectivity index (χ1) is 8.56. The summed E-state index contributed by atoms with van der Waals surface area (Å²) in [5, 5.41) is 2.80. The second kappa shape index (κ2) is 5.48. The molecule has 1 N–H and O–H groups in total. The molecule has 1 aliphatic heterocycles. The molecule has 1 fully saturated rings. The van der Waals surface area contributed by atoms with Gasteiger partial charge in [-0.2, -0.15) is 0 Å². The zero-order valence-corrected chi connectivity index (χ0v) is 11.3. The van der Waals surface area contributed by atoms with Crippen molar-refractivity contribution in [1.29, 1.82) is 0 Å². The van der Waals surface area contributed by atoms with Crippen LogP contribution in [-0.4, -0.2) is 34.9 Å². The van der Waals surface area contributed by atoms with Crippen molar-refractivity contribution >= 4 is 22.9 Å². The quantitative estimate of drug-likeness (QED) is 0.906. The summed E-state index contributed by atoms with van der Waals surface area (Å²) in [6.45, 7) is 4.48. The lowest BCUT2D eigenvalue weighted by Gasteiger charge is -2.16. The van der Waals surface area contributed by atoms with Gasteiger partial charge in [-0.3, -0.25) is 9.59 Å². The largest absolute Gasteiger partial charge is 0.464 e. The molecule has 18 heavy (non-hydrogen) atoms. The molecule has 0 aromatic carbocycles. The zero-order chi connectivity index (χ0) is 13.1. The lowest BCUT2D eigenvalue weighted by atomic mass is 10.2. The van der Waals surface area contributed by atoms with Gasteiger partial charge in [0.15, 0.2) is 0 Å². The highest BCUT2D eigenvalue weighted by Crippen LogP contribution is 2.18. The minimum absolute atomic E-state index is 0.0216. The number of carbonyl (C=O) groups is 2. The van der Waals surface area contributed by atoms with E-state index in [4.69, 9.17) is 4.42 Å². The van der Waals surface area contributed by atoms with E-state index in [2.05, 4.69) is 5.32 Å². The molecule has 6 heteroatoms. The summed E-state index contributed by atoms with van der Waals surface area (Å²) in [7, 11) is 0. The Kier molecular flexibility index (Phi) is 3.96. The van der Waals surface area contributed by atoms with Crippen molar-refractivity contribution in [3.05, 3.63) is 23.7 Å². The molecule has 1 aromatic rings. The van der Waals surface area contributed by atoms with Crippen molar-refractivity contribution in [2.75, 3.05) is 18.8 Å². The Hall–Kier alpha value is -1.43. The van der Waals surface area contributed by atoms with Gasteiger partial charge in [0.1, 0.15) is 18.1 Å². The van der Waals surface area contributed by atoms with E-state index in [1.165, 1.54) is 11.8 Å². The molecule has 0 spiro atoms. The van der Waals surface area contributed by atoms with E-state index in [0.29, 0.717) is 6.54 Å². The van der Waals surface area contributed by atoms with E-state index in [9.17, 15) is 9.59 Å². The second-order valence-corrected chi connectivity index (χ2v) is 5.32. The van der Waals surface area contributed by atoms with Crippen LogP contribution in [0.4, 0.5) is 4.79 Å². The van der Waals surface area contributed by atoms with Crippen molar-refractivity contribution in [2.45, 2.75) is 19.9 Å². The number of furan rings is 1. The van der Waals surface area contributed by atoms with Crippen LogP contribution in [0.15, 0.2) is 16.5 Å². The van der Waals surface area contributed by atoms with E-state index in [0.717, 1.165) is 17.3 Å². The number of amides is 2. The molecule has 0 bridgehead atoms. The monoisotopic (exact) mass is 268 g/mol. The van der Waals surface area contributed by atoms with Crippen LogP contribution in [0.3, 0.4) is 0 Å². The fraction of sp³-hybridized carbons (Fsp3) is 0.500. The summed E-state index contributed by atoms with van der Waals surface area (Å²) in [4.78, 5) is 24.7. The van der Waals surface area contributed by atoms with E-state index in [-0.39, 0.29) is 23.7 Å². The fourth-order valence-corrected chi connectivity index (χ4v) is 2.61. The molecular weight excluding hydrogens is 252 g/mol. The van der Waals surface area contributed by atoms with Gasteiger partial charge in [0, 0.05) is 12.3 Å². The lowest BCUT2D eigenvalue weighted by Crippen LogP contribution is -2.38. The first-order valence-electron chi connectivity index (χ1n) is 5.83. The molecule has 2 rings (SSSR count). The molecule has 2 heterocycles. The third kappa shape index (κ3) is 3.07. The van der Waals surface area contributed by atoms with Gasteiger partial charge in [0.25, 0.3) is 5.24 Å². The van der Waals surface area contributed by atoms with E-state index < -0.39 is 0 Å². The van der Waals surface area contributed by atoms with Crippen molar-refractivity contribution in [3.8, 4) is 0 Å². The van der Waals surface area contributed by atoms with Crippen molar-refractivity contribution in [2.24, 2.45) is 0 Å². The summed E-state index contributed by atoms with van der Waals surface area (Å²) >= 11 is 1.25. The Morgan fingerprint density at radius 1 is 1.61 bits per heavy atom. The maximum atomic E-state index is 11.8.